The van der Waals surface area contributed by atoms with Crippen LogP contribution >= 0.6 is 0 Å². The van der Waals surface area contributed by atoms with Crippen molar-refractivity contribution in [3.05, 3.63) is 23.8 Å². The standard InChI is InChI=1S/C9H9BF3N2O.K/c11-10(12,13)6-1-2-7-8(5-6)14-3-4-15-9(7)16;/h1-2,5,14H,3-4H2,(H,15,16);/q-1;+1. The Morgan fingerprint density at radius 2 is 1.76 bits per heavy atom. The van der Waals surface area contributed by atoms with E-state index in [1.54, 1.807) is 0 Å². The molecule has 0 fully saturated rings. The van der Waals surface area contributed by atoms with E-state index in [2.05, 4.69) is 10.6 Å². The number of benzene rings is 1. The van der Waals surface area contributed by atoms with Gasteiger partial charge in [-0.2, -0.15) is 0 Å². The van der Waals surface area contributed by atoms with E-state index >= 15 is 0 Å². The van der Waals surface area contributed by atoms with Crippen LogP contribution in [0.5, 0.6) is 0 Å². The Bertz CT molecular complexity index is 439. The SMILES string of the molecule is O=C1NCCNc2cc([B-](F)(F)F)ccc21.[K+]. The van der Waals surface area contributed by atoms with Gasteiger partial charge in [-0.05, 0) is 0 Å². The summed E-state index contributed by atoms with van der Waals surface area (Å²) in [6.07, 6.45) is 0. The first-order valence-corrected chi connectivity index (χ1v) is 4.84. The first kappa shape index (κ1) is 15.0. The molecule has 1 aliphatic rings. The minimum Gasteiger partial charge on any atom is -0.445 e. The molecule has 0 radical (unpaired) electrons. The number of carbonyl (C=O) groups excluding carboxylic acids is 1. The van der Waals surface area contributed by atoms with E-state index in [0.29, 0.717) is 13.1 Å². The molecule has 0 bridgehead atoms. The second-order valence-corrected chi connectivity index (χ2v) is 3.56. The van der Waals surface area contributed by atoms with Crippen LogP contribution in [0, 0.1) is 0 Å². The maximum Gasteiger partial charge on any atom is 1.00 e. The minimum absolute atomic E-state index is 0. The van der Waals surface area contributed by atoms with E-state index in [-0.39, 0.29) is 68.5 Å². The van der Waals surface area contributed by atoms with Crippen LogP contribution in [0.3, 0.4) is 0 Å². The van der Waals surface area contributed by atoms with Crippen LogP contribution in [-0.2, 0) is 0 Å². The normalized spacial score (nSPS) is 14.9. The fourth-order valence-corrected chi connectivity index (χ4v) is 1.58. The van der Waals surface area contributed by atoms with Crippen LogP contribution in [0.4, 0.5) is 18.6 Å². The Kier molecular flexibility index (Phi) is 5.08. The first-order chi connectivity index (χ1) is 7.48. The first-order valence-electron chi connectivity index (χ1n) is 4.84. The number of amides is 1. The predicted molar refractivity (Wildman–Crippen MR) is 56.0 cm³/mol. The van der Waals surface area contributed by atoms with Gasteiger partial charge in [-0.25, -0.2) is 0 Å². The zero-order chi connectivity index (χ0) is 11.8. The summed E-state index contributed by atoms with van der Waals surface area (Å²) in [5, 5.41) is 5.38. The molecule has 1 amide bonds. The second-order valence-electron chi connectivity index (χ2n) is 3.56. The molecule has 0 spiro atoms. The molecule has 0 aliphatic carbocycles. The van der Waals surface area contributed by atoms with Crippen molar-refractivity contribution in [3.8, 4) is 0 Å². The summed E-state index contributed by atoms with van der Waals surface area (Å²) >= 11 is 0. The molecule has 17 heavy (non-hydrogen) atoms. The smallest absolute Gasteiger partial charge is 0.445 e. The van der Waals surface area contributed by atoms with E-state index < -0.39 is 12.4 Å². The molecule has 0 saturated carbocycles. The molecular formula is C9H9BF3KN2O. The Balaban J connectivity index is 0.00000144. The van der Waals surface area contributed by atoms with Gasteiger partial charge in [0, 0.05) is 18.8 Å². The van der Waals surface area contributed by atoms with Crippen molar-refractivity contribution in [2.45, 2.75) is 0 Å². The number of nitrogens with one attached hydrogen (secondary N) is 2. The third kappa shape index (κ3) is 3.48. The van der Waals surface area contributed by atoms with Gasteiger partial charge in [0.1, 0.15) is 0 Å². The average molecular weight is 268 g/mol. The van der Waals surface area contributed by atoms with Crippen LogP contribution in [0.2, 0.25) is 0 Å². The molecule has 1 aliphatic heterocycles. The second kappa shape index (κ2) is 5.75. The number of hydrogen-bond donors (Lipinski definition) is 2. The van der Waals surface area contributed by atoms with Gasteiger partial charge in [-0.15, -0.1) is 5.46 Å². The molecule has 1 heterocycles. The van der Waals surface area contributed by atoms with Crippen LogP contribution in [-0.4, -0.2) is 26.0 Å². The van der Waals surface area contributed by atoms with Crippen LogP contribution in [0.15, 0.2) is 18.2 Å². The summed E-state index contributed by atoms with van der Waals surface area (Å²) in [7, 11) is 0. The third-order valence-electron chi connectivity index (χ3n) is 2.39. The van der Waals surface area contributed by atoms with E-state index in [0.717, 1.165) is 12.1 Å². The van der Waals surface area contributed by atoms with Crippen molar-refractivity contribution in [2.75, 3.05) is 18.4 Å². The minimum atomic E-state index is -5.03. The fraction of sp³-hybridized carbons (Fsp3) is 0.222. The molecule has 0 saturated heterocycles. The number of fused-ring (bicyclic) bond motifs is 1. The number of rotatable bonds is 1. The Hall–Kier alpha value is -0.0187. The number of anilines is 1. The monoisotopic (exact) mass is 268 g/mol. The van der Waals surface area contributed by atoms with Gasteiger partial charge in [-0.1, -0.05) is 18.2 Å². The van der Waals surface area contributed by atoms with Crippen molar-refractivity contribution in [3.63, 3.8) is 0 Å². The van der Waals surface area contributed by atoms with E-state index in [1.165, 1.54) is 6.07 Å². The number of hydrogen-bond acceptors (Lipinski definition) is 2. The topological polar surface area (TPSA) is 41.1 Å². The van der Waals surface area contributed by atoms with Gasteiger partial charge < -0.3 is 23.6 Å². The van der Waals surface area contributed by atoms with Gasteiger partial charge in [0.25, 0.3) is 5.91 Å². The zero-order valence-corrected chi connectivity index (χ0v) is 12.4. The van der Waals surface area contributed by atoms with Gasteiger partial charge in [0.05, 0.1) is 5.56 Å². The van der Waals surface area contributed by atoms with Gasteiger partial charge in [0.2, 0.25) is 0 Å². The molecule has 0 atom stereocenters. The number of carbonyl (C=O) groups is 1. The Labute approximate surface area is 139 Å². The van der Waals surface area contributed by atoms with Crippen molar-refractivity contribution in [1.82, 2.24) is 5.32 Å². The Morgan fingerprint density at radius 1 is 1.12 bits per heavy atom. The third-order valence-corrected chi connectivity index (χ3v) is 2.39. The molecule has 0 unspecified atom stereocenters. The van der Waals surface area contributed by atoms with Crippen LogP contribution < -0.4 is 67.5 Å². The largest absolute Gasteiger partial charge is 1.00 e. The molecule has 1 aromatic carbocycles. The van der Waals surface area contributed by atoms with E-state index in [1.807, 2.05) is 0 Å². The summed E-state index contributed by atoms with van der Waals surface area (Å²) < 4.78 is 37.5. The van der Waals surface area contributed by atoms with Gasteiger partial charge >= 0.3 is 58.4 Å². The van der Waals surface area contributed by atoms with Crippen LogP contribution in [0.1, 0.15) is 10.4 Å². The Morgan fingerprint density at radius 3 is 2.41 bits per heavy atom. The summed E-state index contributed by atoms with van der Waals surface area (Å²) in [5.41, 5.74) is -0.200. The van der Waals surface area contributed by atoms with Crippen LogP contribution in [0.25, 0.3) is 0 Å². The molecule has 2 N–H and O–H groups in total. The molecule has 3 nitrogen and oxygen atoms in total. The maximum absolute atomic E-state index is 12.5. The molecule has 8 heteroatoms. The molecule has 0 aromatic heterocycles. The summed E-state index contributed by atoms with van der Waals surface area (Å²) in [6, 6.07) is 3.12. The van der Waals surface area contributed by atoms with Gasteiger partial charge in [-0.3, -0.25) is 4.79 Å². The average Bonchev–Trinajstić information content (AvgIpc) is 2.39. The van der Waals surface area contributed by atoms with Crippen molar-refractivity contribution < 1.29 is 69.1 Å². The molecule has 86 valence electrons. The zero-order valence-electron chi connectivity index (χ0n) is 9.27. The fourth-order valence-electron chi connectivity index (χ4n) is 1.58. The van der Waals surface area contributed by atoms with Gasteiger partial charge in [0.15, 0.2) is 0 Å². The quantitative estimate of drug-likeness (QED) is 0.573. The predicted octanol–water partition coefficient (Wildman–Crippen LogP) is -2.10. The molecule has 2 rings (SSSR count). The van der Waals surface area contributed by atoms with E-state index in [4.69, 9.17) is 0 Å². The summed E-state index contributed by atoms with van der Waals surface area (Å²) in [5.74, 6) is -0.346. The molecular weight excluding hydrogens is 259 g/mol. The number of halogens is 3. The summed E-state index contributed by atoms with van der Waals surface area (Å²) in [6.45, 7) is -4.20. The molecule has 1 aromatic rings. The van der Waals surface area contributed by atoms with Crippen molar-refractivity contribution >= 4 is 24.0 Å². The maximum atomic E-state index is 12.5. The van der Waals surface area contributed by atoms with E-state index in [9.17, 15) is 17.7 Å². The summed E-state index contributed by atoms with van der Waals surface area (Å²) in [4.78, 5) is 11.4. The van der Waals surface area contributed by atoms with Crippen molar-refractivity contribution in [1.29, 1.82) is 0 Å². The van der Waals surface area contributed by atoms with Crippen molar-refractivity contribution in [2.24, 2.45) is 0 Å².